The van der Waals surface area contributed by atoms with E-state index in [2.05, 4.69) is 4.98 Å². The summed E-state index contributed by atoms with van der Waals surface area (Å²) >= 11 is 0. The van der Waals surface area contributed by atoms with Gasteiger partial charge in [-0.05, 0) is 25.5 Å². The highest BCUT2D eigenvalue weighted by Gasteiger charge is 2.16. The molecule has 0 saturated heterocycles. The molecule has 1 atom stereocenters. The van der Waals surface area contributed by atoms with Gasteiger partial charge in [0.15, 0.2) is 0 Å². The first-order valence-corrected chi connectivity index (χ1v) is 7.68. The van der Waals surface area contributed by atoms with Gasteiger partial charge in [0.05, 0.1) is 18.1 Å². The highest BCUT2D eigenvalue weighted by Crippen LogP contribution is 2.16. The van der Waals surface area contributed by atoms with Crippen LogP contribution in [0.3, 0.4) is 0 Å². The zero-order valence-corrected chi connectivity index (χ0v) is 11.6. The molecule has 0 aliphatic heterocycles. The predicted octanol–water partition coefficient (Wildman–Crippen LogP) is 1.47. The Kier molecular flexibility index (Phi) is 5.55. The summed E-state index contributed by atoms with van der Waals surface area (Å²) in [4.78, 5) is 4.11. The van der Waals surface area contributed by atoms with Crippen molar-refractivity contribution in [3.63, 3.8) is 0 Å². The maximum absolute atomic E-state index is 11.1. The lowest BCUT2D eigenvalue weighted by Crippen LogP contribution is -2.27. The first-order chi connectivity index (χ1) is 8.42. The van der Waals surface area contributed by atoms with E-state index in [0.29, 0.717) is 12.4 Å². The third-order valence-electron chi connectivity index (χ3n) is 2.60. The van der Waals surface area contributed by atoms with E-state index in [9.17, 15) is 8.42 Å². The summed E-state index contributed by atoms with van der Waals surface area (Å²) in [5.74, 6) is 0.567. The largest absolute Gasteiger partial charge is 0.491 e. The van der Waals surface area contributed by atoms with E-state index in [-0.39, 0.29) is 11.7 Å². The van der Waals surface area contributed by atoms with Gasteiger partial charge in [0.25, 0.3) is 0 Å². The van der Waals surface area contributed by atoms with Crippen molar-refractivity contribution in [3.05, 3.63) is 24.0 Å². The molecule has 18 heavy (non-hydrogen) atoms. The van der Waals surface area contributed by atoms with Gasteiger partial charge in [-0.3, -0.25) is 4.98 Å². The number of rotatable bonds is 7. The maximum atomic E-state index is 11.1. The van der Waals surface area contributed by atoms with E-state index in [1.807, 2.05) is 19.9 Å². The molecule has 2 N–H and O–H groups in total. The van der Waals surface area contributed by atoms with Crippen molar-refractivity contribution in [1.82, 2.24) is 4.98 Å². The van der Waals surface area contributed by atoms with E-state index >= 15 is 0 Å². The molecule has 0 saturated carbocycles. The number of ether oxygens (including phenoxy) is 1. The molecule has 0 aromatic carbocycles. The molecule has 6 heteroatoms. The third-order valence-corrected chi connectivity index (χ3v) is 3.53. The Morgan fingerprint density at radius 2 is 2.22 bits per heavy atom. The van der Waals surface area contributed by atoms with Crippen molar-refractivity contribution in [2.75, 3.05) is 12.4 Å². The summed E-state index contributed by atoms with van der Waals surface area (Å²) in [6.45, 7) is 4.20. The molecule has 0 bridgehead atoms. The lowest BCUT2D eigenvalue weighted by atomic mass is 10.1. The minimum Gasteiger partial charge on any atom is -0.491 e. The first kappa shape index (κ1) is 14.9. The molecule has 1 heterocycles. The summed E-state index contributed by atoms with van der Waals surface area (Å²) in [6, 6.07) is 3.61. The minimum atomic E-state index is -3.46. The van der Waals surface area contributed by atoms with Gasteiger partial charge in [-0.2, -0.15) is 0 Å². The Balaban J connectivity index is 2.60. The molecular formula is C12H20N2O3S. The molecule has 1 aromatic heterocycles. The van der Waals surface area contributed by atoms with Gasteiger partial charge in [0.1, 0.15) is 5.75 Å². The third kappa shape index (κ3) is 5.46. The second-order valence-electron chi connectivity index (χ2n) is 4.38. The van der Waals surface area contributed by atoms with Crippen molar-refractivity contribution in [2.45, 2.75) is 26.7 Å². The van der Waals surface area contributed by atoms with Gasteiger partial charge in [0.2, 0.25) is 10.0 Å². The fourth-order valence-electron chi connectivity index (χ4n) is 1.78. The Hall–Kier alpha value is -1.14. The van der Waals surface area contributed by atoms with Crippen LogP contribution in [0.5, 0.6) is 5.75 Å². The number of hydrogen-bond donors (Lipinski definition) is 1. The monoisotopic (exact) mass is 272 g/mol. The fraction of sp³-hybridized carbons (Fsp3) is 0.583. The average Bonchev–Trinajstić information content (AvgIpc) is 2.26. The van der Waals surface area contributed by atoms with E-state index in [4.69, 9.17) is 9.88 Å². The van der Waals surface area contributed by atoms with Crippen LogP contribution in [-0.4, -0.2) is 25.8 Å². The number of sulfonamides is 1. The maximum Gasteiger partial charge on any atom is 0.209 e. The molecule has 0 fully saturated rings. The smallest absolute Gasteiger partial charge is 0.209 e. The summed E-state index contributed by atoms with van der Waals surface area (Å²) in [6.07, 6.45) is 3.36. The standard InChI is InChI=1S/C12H20N2O3S/c1-3-5-11(9-18(13,15)16)8-17-12-6-4-7-14-10(12)2/h4,6-7,11H,3,5,8-9H2,1-2H3,(H2,13,15,16). The zero-order chi connectivity index (χ0) is 13.6. The molecule has 1 rings (SSSR count). The van der Waals surface area contributed by atoms with Gasteiger partial charge in [-0.15, -0.1) is 0 Å². The zero-order valence-electron chi connectivity index (χ0n) is 10.8. The molecule has 0 aliphatic rings. The summed E-state index contributed by atoms with van der Waals surface area (Å²) in [5.41, 5.74) is 0.795. The van der Waals surface area contributed by atoms with Crippen LogP contribution in [-0.2, 0) is 10.0 Å². The van der Waals surface area contributed by atoms with Crippen LogP contribution in [0.2, 0.25) is 0 Å². The van der Waals surface area contributed by atoms with Crippen molar-refractivity contribution in [2.24, 2.45) is 11.1 Å². The van der Waals surface area contributed by atoms with Crippen LogP contribution in [0.25, 0.3) is 0 Å². The summed E-state index contributed by atoms with van der Waals surface area (Å²) < 4.78 is 27.8. The predicted molar refractivity (Wildman–Crippen MR) is 70.8 cm³/mol. The lowest BCUT2D eigenvalue weighted by molar-refractivity contribution is 0.250. The Morgan fingerprint density at radius 1 is 1.50 bits per heavy atom. The number of aromatic nitrogens is 1. The molecule has 1 unspecified atom stereocenters. The van der Waals surface area contributed by atoms with Gasteiger partial charge in [-0.25, -0.2) is 13.6 Å². The number of hydrogen-bond acceptors (Lipinski definition) is 4. The molecule has 0 spiro atoms. The van der Waals surface area contributed by atoms with E-state index in [1.54, 1.807) is 12.3 Å². The molecule has 1 aromatic rings. The van der Waals surface area contributed by atoms with Crippen LogP contribution >= 0.6 is 0 Å². The number of nitrogens with zero attached hydrogens (tertiary/aromatic N) is 1. The number of nitrogens with two attached hydrogens (primary N) is 1. The SMILES string of the molecule is CCCC(COc1cccnc1C)CS(N)(=O)=O. The van der Waals surface area contributed by atoms with E-state index in [0.717, 1.165) is 18.5 Å². The number of aryl methyl sites for hydroxylation is 1. The minimum absolute atomic E-state index is 0.0415. The molecule has 0 amide bonds. The topological polar surface area (TPSA) is 82.3 Å². The van der Waals surface area contributed by atoms with Crippen molar-refractivity contribution in [3.8, 4) is 5.75 Å². The second-order valence-corrected chi connectivity index (χ2v) is 6.04. The van der Waals surface area contributed by atoms with Gasteiger partial charge in [-0.1, -0.05) is 13.3 Å². The summed E-state index contributed by atoms with van der Waals surface area (Å²) in [7, 11) is -3.46. The molecule has 0 aliphatic carbocycles. The van der Waals surface area contributed by atoms with Gasteiger partial charge >= 0.3 is 0 Å². The number of pyridine rings is 1. The fourth-order valence-corrected chi connectivity index (χ4v) is 2.70. The summed E-state index contributed by atoms with van der Waals surface area (Å²) in [5, 5.41) is 5.07. The van der Waals surface area contributed by atoms with Crippen LogP contribution in [0.1, 0.15) is 25.5 Å². The average molecular weight is 272 g/mol. The Bertz CT molecular complexity index is 474. The second kappa shape index (κ2) is 6.70. The Morgan fingerprint density at radius 3 is 2.78 bits per heavy atom. The van der Waals surface area contributed by atoms with Gasteiger partial charge in [0, 0.05) is 12.1 Å². The van der Waals surface area contributed by atoms with E-state index in [1.165, 1.54) is 0 Å². The molecule has 102 valence electrons. The quantitative estimate of drug-likeness (QED) is 0.815. The van der Waals surface area contributed by atoms with E-state index < -0.39 is 10.0 Å². The van der Waals surface area contributed by atoms with Crippen LogP contribution in [0.15, 0.2) is 18.3 Å². The Labute approximate surface area is 108 Å². The highest BCUT2D eigenvalue weighted by atomic mass is 32.2. The first-order valence-electron chi connectivity index (χ1n) is 5.97. The molecule has 0 radical (unpaired) electrons. The van der Waals surface area contributed by atoms with Crippen molar-refractivity contribution >= 4 is 10.0 Å². The van der Waals surface area contributed by atoms with Crippen LogP contribution < -0.4 is 9.88 Å². The van der Waals surface area contributed by atoms with Crippen molar-refractivity contribution in [1.29, 1.82) is 0 Å². The van der Waals surface area contributed by atoms with Gasteiger partial charge < -0.3 is 4.74 Å². The number of primary sulfonamides is 1. The highest BCUT2D eigenvalue weighted by molar-refractivity contribution is 7.89. The normalized spacial score (nSPS) is 13.3. The van der Waals surface area contributed by atoms with Crippen molar-refractivity contribution < 1.29 is 13.2 Å². The molecular weight excluding hydrogens is 252 g/mol. The molecule has 5 nitrogen and oxygen atoms in total. The van der Waals surface area contributed by atoms with Crippen LogP contribution in [0, 0.1) is 12.8 Å². The lowest BCUT2D eigenvalue weighted by Gasteiger charge is -2.16. The van der Waals surface area contributed by atoms with Crippen LogP contribution in [0.4, 0.5) is 0 Å².